The molecule has 22 heavy (non-hydrogen) atoms. The summed E-state index contributed by atoms with van der Waals surface area (Å²) >= 11 is 0. The molecule has 1 aliphatic rings. The Kier molecular flexibility index (Phi) is 4.42. The molecule has 0 spiro atoms. The van der Waals surface area contributed by atoms with Gasteiger partial charge in [0.25, 0.3) is 0 Å². The Morgan fingerprint density at radius 1 is 1.27 bits per heavy atom. The molecule has 2 rings (SSSR count). The van der Waals surface area contributed by atoms with Gasteiger partial charge in [0.2, 0.25) is 5.91 Å². The number of primary amides is 1. The van der Waals surface area contributed by atoms with Gasteiger partial charge in [-0.3, -0.25) is 10.1 Å². The van der Waals surface area contributed by atoms with E-state index in [9.17, 15) is 9.59 Å². The summed E-state index contributed by atoms with van der Waals surface area (Å²) in [6, 6.07) is 9.72. The largest absolute Gasteiger partial charge is 0.444 e. The van der Waals surface area contributed by atoms with Crippen LogP contribution in [0.5, 0.6) is 0 Å². The number of nitrogens with zero attached hydrogens (tertiary/aromatic N) is 1. The third-order valence-electron chi connectivity index (χ3n) is 3.52. The zero-order valence-electron chi connectivity index (χ0n) is 13.3. The molecule has 3 N–H and O–H groups in total. The minimum absolute atomic E-state index is 0.226. The molecule has 0 unspecified atom stereocenters. The average molecular weight is 305 g/mol. The van der Waals surface area contributed by atoms with Crippen LogP contribution in [-0.4, -0.2) is 41.1 Å². The first-order valence-electron chi connectivity index (χ1n) is 7.29. The normalized spacial score (nSPS) is 16.8. The van der Waals surface area contributed by atoms with E-state index in [4.69, 9.17) is 10.5 Å². The quantitative estimate of drug-likeness (QED) is 0.877. The number of carbonyl (C=O) groups excluding carboxylic acids is 2. The molecule has 0 radical (unpaired) electrons. The molecule has 0 bridgehead atoms. The van der Waals surface area contributed by atoms with Gasteiger partial charge in [-0.15, -0.1) is 0 Å². The van der Waals surface area contributed by atoms with Crippen molar-refractivity contribution in [3.8, 4) is 0 Å². The highest BCUT2D eigenvalue weighted by Crippen LogP contribution is 2.24. The molecule has 1 aliphatic heterocycles. The topological polar surface area (TPSA) is 84.7 Å². The molecule has 6 heteroatoms. The van der Waals surface area contributed by atoms with Crippen molar-refractivity contribution in [2.24, 2.45) is 5.73 Å². The first-order chi connectivity index (χ1) is 10.2. The Bertz CT molecular complexity index is 546. The predicted octanol–water partition coefficient (Wildman–Crippen LogP) is 1.25. The highest BCUT2D eigenvalue weighted by Gasteiger charge is 2.50. The second-order valence-corrected chi connectivity index (χ2v) is 6.62. The number of hydrogen-bond donors (Lipinski definition) is 2. The van der Waals surface area contributed by atoms with Crippen LogP contribution < -0.4 is 11.1 Å². The first-order valence-corrected chi connectivity index (χ1v) is 7.29. The smallest absolute Gasteiger partial charge is 0.410 e. The van der Waals surface area contributed by atoms with Crippen LogP contribution >= 0.6 is 0 Å². The van der Waals surface area contributed by atoms with E-state index >= 15 is 0 Å². The van der Waals surface area contributed by atoms with Gasteiger partial charge < -0.3 is 15.4 Å². The number of rotatable bonds is 4. The molecule has 1 heterocycles. The van der Waals surface area contributed by atoms with Crippen molar-refractivity contribution >= 4 is 12.0 Å². The third kappa shape index (κ3) is 3.76. The van der Waals surface area contributed by atoms with Crippen molar-refractivity contribution in [2.75, 3.05) is 13.1 Å². The number of likely N-dealkylation sites (tertiary alicyclic amines) is 1. The van der Waals surface area contributed by atoms with E-state index in [1.165, 1.54) is 4.90 Å². The van der Waals surface area contributed by atoms with Gasteiger partial charge in [0, 0.05) is 6.54 Å². The maximum absolute atomic E-state index is 11.9. The summed E-state index contributed by atoms with van der Waals surface area (Å²) in [6.45, 7) is 6.39. The lowest BCUT2D eigenvalue weighted by molar-refractivity contribution is -0.131. The monoisotopic (exact) mass is 305 g/mol. The fourth-order valence-electron chi connectivity index (χ4n) is 2.28. The number of nitrogens with one attached hydrogen (secondary N) is 1. The minimum atomic E-state index is -0.882. The predicted molar refractivity (Wildman–Crippen MR) is 83.0 cm³/mol. The van der Waals surface area contributed by atoms with Crippen LogP contribution in [0.1, 0.15) is 26.3 Å². The van der Waals surface area contributed by atoms with Gasteiger partial charge in [-0.2, -0.15) is 0 Å². The number of amides is 2. The van der Waals surface area contributed by atoms with Crippen LogP contribution in [0, 0.1) is 0 Å². The number of hydrogen-bond acceptors (Lipinski definition) is 4. The fraction of sp³-hybridized carbons (Fsp3) is 0.500. The van der Waals surface area contributed by atoms with Crippen LogP contribution in [0.15, 0.2) is 30.3 Å². The molecular formula is C16H23N3O3. The van der Waals surface area contributed by atoms with Crippen molar-refractivity contribution in [2.45, 2.75) is 38.5 Å². The van der Waals surface area contributed by atoms with E-state index in [0.717, 1.165) is 5.56 Å². The van der Waals surface area contributed by atoms with Crippen LogP contribution in [0.4, 0.5) is 4.79 Å². The van der Waals surface area contributed by atoms with Gasteiger partial charge in [0.05, 0.1) is 13.1 Å². The summed E-state index contributed by atoms with van der Waals surface area (Å²) in [6.07, 6.45) is -0.425. The van der Waals surface area contributed by atoms with Crippen molar-refractivity contribution in [1.82, 2.24) is 10.2 Å². The number of ether oxygens (including phenoxy) is 1. The maximum Gasteiger partial charge on any atom is 0.410 e. The Hall–Kier alpha value is -2.08. The van der Waals surface area contributed by atoms with Gasteiger partial charge in [-0.25, -0.2) is 4.79 Å². The minimum Gasteiger partial charge on any atom is -0.444 e. The lowest BCUT2D eigenvalue weighted by Gasteiger charge is -2.48. The van der Waals surface area contributed by atoms with Gasteiger partial charge in [-0.1, -0.05) is 30.3 Å². The molecule has 1 saturated heterocycles. The van der Waals surface area contributed by atoms with Crippen LogP contribution in [0.2, 0.25) is 0 Å². The van der Waals surface area contributed by atoms with Gasteiger partial charge >= 0.3 is 6.09 Å². The van der Waals surface area contributed by atoms with E-state index in [1.807, 2.05) is 30.3 Å². The van der Waals surface area contributed by atoms with E-state index < -0.39 is 23.1 Å². The first kappa shape index (κ1) is 16.3. The molecular weight excluding hydrogens is 282 g/mol. The number of benzene rings is 1. The molecule has 1 aromatic carbocycles. The van der Waals surface area contributed by atoms with Gasteiger partial charge in [-0.05, 0) is 26.3 Å². The zero-order chi connectivity index (χ0) is 16.4. The molecule has 6 nitrogen and oxygen atoms in total. The molecule has 1 fully saturated rings. The number of carbonyl (C=O) groups is 2. The molecule has 0 aromatic heterocycles. The highest BCUT2D eigenvalue weighted by molar-refractivity contribution is 5.88. The molecule has 0 saturated carbocycles. The molecule has 1 aromatic rings. The molecule has 2 amide bonds. The second kappa shape index (κ2) is 5.96. The average Bonchev–Trinajstić information content (AvgIpc) is 2.36. The summed E-state index contributed by atoms with van der Waals surface area (Å²) < 4.78 is 5.28. The third-order valence-corrected chi connectivity index (χ3v) is 3.52. The Morgan fingerprint density at radius 3 is 2.36 bits per heavy atom. The summed E-state index contributed by atoms with van der Waals surface area (Å²) in [4.78, 5) is 25.2. The summed E-state index contributed by atoms with van der Waals surface area (Å²) in [5.74, 6) is -0.455. The molecule has 0 atom stereocenters. The Balaban J connectivity index is 1.93. The summed E-state index contributed by atoms with van der Waals surface area (Å²) in [7, 11) is 0. The van der Waals surface area contributed by atoms with E-state index in [2.05, 4.69) is 5.32 Å². The van der Waals surface area contributed by atoms with Crippen molar-refractivity contribution in [1.29, 1.82) is 0 Å². The maximum atomic E-state index is 11.9. The number of nitrogens with two attached hydrogens (primary N) is 1. The SMILES string of the molecule is CC(C)(C)OC(=O)N1CC(NCc2ccccc2)(C(N)=O)C1. The van der Waals surface area contributed by atoms with Crippen LogP contribution in [0.3, 0.4) is 0 Å². The molecule has 0 aliphatic carbocycles. The Labute approximate surface area is 130 Å². The van der Waals surface area contributed by atoms with Crippen molar-refractivity contribution in [3.05, 3.63) is 35.9 Å². The Morgan fingerprint density at radius 2 is 1.86 bits per heavy atom. The molecule has 120 valence electrons. The lowest BCUT2D eigenvalue weighted by Crippen LogP contribution is -2.75. The van der Waals surface area contributed by atoms with Gasteiger partial charge in [0.1, 0.15) is 11.1 Å². The second-order valence-electron chi connectivity index (χ2n) is 6.62. The van der Waals surface area contributed by atoms with Crippen LogP contribution in [0.25, 0.3) is 0 Å². The highest BCUT2D eigenvalue weighted by atomic mass is 16.6. The van der Waals surface area contributed by atoms with E-state index in [0.29, 0.717) is 6.54 Å². The summed E-state index contributed by atoms with van der Waals surface area (Å²) in [5, 5.41) is 3.17. The van der Waals surface area contributed by atoms with Crippen molar-refractivity contribution in [3.63, 3.8) is 0 Å². The zero-order valence-corrected chi connectivity index (χ0v) is 13.3. The van der Waals surface area contributed by atoms with Crippen molar-refractivity contribution < 1.29 is 14.3 Å². The van der Waals surface area contributed by atoms with Gasteiger partial charge in [0.15, 0.2) is 0 Å². The summed E-state index contributed by atoms with van der Waals surface area (Å²) in [5.41, 5.74) is 5.12. The van der Waals surface area contributed by atoms with Crippen LogP contribution in [-0.2, 0) is 16.1 Å². The van der Waals surface area contributed by atoms with E-state index in [-0.39, 0.29) is 13.1 Å². The fourth-order valence-corrected chi connectivity index (χ4v) is 2.28. The standard InChI is InChI=1S/C16H23N3O3/c1-15(2,3)22-14(21)19-10-16(11-19,13(17)20)18-9-12-7-5-4-6-8-12/h4-8,18H,9-11H2,1-3H3,(H2,17,20). The lowest BCUT2D eigenvalue weighted by atomic mass is 9.89. The van der Waals surface area contributed by atoms with E-state index in [1.54, 1.807) is 20.8 Å².